The highest BCUT2D eigenvalue weighted by Crippen LogP contribution is 2.22. The molecule has 0 spiro atoms. The summed E-state index contributed by atoms with van der Waals surface area (Å²) in [6.07, 6.45) is 0. The quantitative estimate of drug-likeness (QED) is 0.796. The first kappa shape index (κ1) is 16.7. The van der Waals surface area contributed by atoms with E-state index >= 15 is 0 Å². The molecule has 1 aromatic rings. The summed E-state index contributed by atoms with van der Waals surface area (Å²) in [5.74, 6) is -1.70. The van der Waals surface area contributed by atoms with E-state index in [-0.39, 0.29) is 5.75 Å². The maximum atomic E-state index is 13.2. The lowest BCUT2D eigenvalue weighted by Gasteiger charge is -2.27. The van der Waals surface area contributed by atoms with Crippen molar-refractivity contribution in [3.63, 3.8) is 0 Å². The Bertz CT molecular complexity index is 540. The number of carbonyl (C=O) groups is 2. The third-order valence-corrected chi connectivity index (χ3v) is 2.80. The van der Waals surface area contributed by atoms with Gasteiger partial charge < -0.3 is 20.5 Å². The van der Waals surface area contributed by atoms with Gasteiger partial charge in [-0.15, -0.1) is 0 Å². The van der Waals surface area contributed by atoms with Crippen molar-refractivity contribution in [2.45, 2.75) is 26.8 Å². The summed E-state index contributed by atoms with van der Waals surface area (Å²) >= 11 is 0. The molecule has 7 heteroatoms. The minimum atomic E-state index is -1.13. The number of anilines is 1. The second-order valence-electron chi connectivity index (χ2n) is 5.59. The van der Waals surface area contributed by atoms with Crippen LogP contribution in [0, 0.1) is 11.2 Å². The molecule has 0 saturated carbocycles. The van der Waals surface area contributed by atoms with Crippen molar-refractivity contribution in [1.29, 1.82) is 0 Å². The lowest BCUT2D eigenvalue weighted by Crippen LogP contribution is -2.50. The Morgan fingerprint density at radius 2 is 1.95 bits per heavy atom. The van der Waals surface area contributed by atoms with Gasteiger partial charge in [0.2, 0.25) is 0 Å². The topological polar surface area (TPSA) is 87.7 Å². The molecule has 1 rings (SSSR count). The van der Waals surface area contributed by atoms with Crippen LogP contribution in [0.25, 0.3) is 0 Å². The fraction of sp³-hybridized carbons (Fsp3) is 0.429. The van der Waals surface area contributed by atoms with Gasteiger partial charge in [0.15, 0.2) is 11.6 Å². The molecule has 0 fully saturated rings. The van der Waals surface area contributed by atoms with Crippen molar-refractivity contribution in [3.05, 3.63) is 24.0 Å². The van der Waals surface area contributed by atoms with E-state index in [1.807, 2.05) is 0 Å². The molecule has 2 amide bonds. The summed E-state index contributed by atoms with van der Waals surface area (Å²) in [7, 11) is 1.31. The number of nitrogens with one attached hydrogen (secondary N) is 2. The molecule has 21 heavy (non-hydrogen) atoms. The first-order valence-corrected chi connectivity index (χ1v) is 6.29. The molecule has 116 valence electrons. The molecule has 3 N–H and O–H groups in total. The summed E-state index contributed by atoms with van der Waals surface area (Å²) in [4.78, 5) is 23.0. The van der Waals surface area contributed by atoms with E-state index in [2.05, 4.69) is 10.6 Å². The van der Waals surface area contributed by atoms with Crippen molar-refractivity contribution in [2.75, 3.05) is 12.4 Å². The van der Waals surface area contributed by atoms with Gasteiger partial charge in [-0.05, 0) is 17.5 Å². The third-order valence-electron chi connectivity index (χ3n) is 2.80. The van der Waals surface area contributed by atoms with E-state index < -0.39 is 29.3 Å². The molecule has 0 saturated heterocycles. The van der Waals surface area contributed by atoms with Gasteiger partial charge in [-0.1, -0.05) is 20.8 Å². The Balaban J connectivity index is 2.79. The minimum absolute atomic E-state index is 0.0154. The monoisotopic (exact) mass is 298 g/mol. The third kappa shape index (κ3) is 4.62. The normalized spacial score (nSPS) is 12.4. The van der Waals surface area contributed by atoms with Crippen LogP contribution in [-0.2, 0) is 4.79 Å². The van der Waals surface area contributed by atoms with Crippen LogP contribution in [-0.4, -0.2) is 30.3 Å². The van der Waals surface area contributed by atoms with Crippen LogP contribution in [0.4, 0.5) is 14.9 Å². The van der Waals surface area contributed by atoms with Crippen LogP contribution in [0.2, 0.25) is 0 Å². The van der Waals surface area contributed by atoms with E-state index in [0.29, 0.717) is 5.69 Å². The van der Waals surface area contributed by atoms with Gasteiger partial charge in [-0.25, -0.2) is 14.0 Å². The van der Waals surface area contributed by atoms with Crippen LogP contribution >= 0.6 is 0 Å². The van der Waals surface area contributed by atoms with E-state index in [1.54, 1.807) is 20.8 Å². The second-order valence-corrected chi connectivity index (χ2v) is 5.59. The molecule has 0 aliphatic heterocycles. The number of urea groups is 1. The van der Waals surface area contributed by atoms with Gasteiger partial charge in [0.05, 0.1) is 7.11 Å². The second kappa shape index (κ2) is 6.43. The predicted octanol–water partition coefficient (Wildman–Crippen LogP) is 2.46. The highest BCUT2D eigenvalue weighted by molar-refractivity contribution is 5.92. The summed E-state index contributed by atoms with van der Waals surface area (Å²) in [6, 6.07) is 2.06. The molecule has 0 radical (unpaired) electrons. The van der Waals surface area contributed by atoms with Crippen molar-refractivity contribution >= 4 is 17.7 Å². The van der Waals surface area contributed by atoms with E-state index in [1.165, 1.54) is 19.2 Å². The Kier molecular flexibility index (Phi) is 5.12. The Hall–Kier alpha value is -2.31. The van der Waals surface area contributed by atoms with Gasteiger partial charge in [0.1, 0.15) is 6.04 Å². The van der Waals surface area contributed by atoms with Gasteiger partial charge >= 0.3 is 12.0 Å². The Labute approximate surface area is 122 Å². The average Bonchev–Trinajstić information content (AvgIpc) is 2.36. The van der Waals surface area contributed by atoms with Crippen LogP contribution in [0.15, 0.2) is 18.2 Å². The highest BCUT2D eigenvalue weighted by atomic mass is 19.1. The zero-order valence-electron chi connectivity index (χ0n) is 12.4. The fourth-order valence-corrected chi connectivity index (χ4v) is 1.68. The molecule has 1 aromatic carbocycles. The Morgan fingerprint density at radius 1 is 1.33 bits per heavy atom. The molecule has 0 unspecified atom stereocenters. The SMILES string of the molecule is COc1cc(NC(=O)N[C@H](C(=O)O)C(C)(C)C)ccc1F. The van der Waals surface area contributed by atoms with Gasteiger partial charge in [0, 0.05) is 11.8 Å². The summed E-state index contributed by atoms with van der Waals surface area (Å²) in [6.45, 7) is 5.10. The number of halogens is 1. The largest absolute Gasteiger partial charge is 0.494 e. The Morgan fingerprint density at radius 3 is 2.43 bits per heavy atom. The van der Waals surface area contributed by atoms with Crippen LogP contribution in [0.3, 0.4) is 0 Å². The molecular weight excluding hydrogens is 279 g/mol. The van der Waals surface area contributed by atoms with Gasteiger partial charge in [-0.3, -0.25) is 0 Å². The number of benzene rings is 1. The smallest absolute Gasteiger partial charge is 0.326 e. The number of rotatable bonds is 4. The highest BCUT2D eigenvalue weighted by Gasteiger charge is 2.32. The minimum Gasteiger partial charge on any atom is -0.494 e. The molecule has 0 aromatic heterocycles. The molecular formula is C14H19FN2O4. The number of amides is 2. The van der Waals surface area contributed by atoms with E-state index in [9.17, 15) is 14.0 Å². The van der Waals surface area contributed by atoms with Gasteiger partial charge in [0.25, 0.3) is 0 Å². The number of hydrogen-bond acceptors (Lipinski definition) is 3. The lowest BCUT2D eigenvalue weighted by molar-refractivity contribution is -0.141. The van der Waals surface area contributed by atoms with Gasteiger partial charge in [-0.2, -0.15) is 0 Å². The summed E-state index contributed by atoms with van der Waals surface area (Å²) < 4.78 is 18.0. The number of ether oxygens (including phenoxy) is 1. The van der Waals surface area contributed by atoms with E-state index in [4.69, 9.17) is 9.84 Å². The number of aliphatic carboxylic acids is 1. The van der Waals surface area contributed by atoms with Crippen molar-refractivity contribution in [1.82, 2.24) is 5.32 Å². The molecule has 1 atom stereocenters. The van der Waals surface area contributed by atoms with Crippen LogP contribution in [0.1, 0.15) is 20.8 Å². The lowest BCUT2D eigenvalue weighted by atomic mass is 9.87. The number of carboxylic acids is 1. The zero-order valence-corrected chi connectivity index (χ0v) is 12.4. The van der Waals surface area contributed by atoms with Crippen LogP contribution in [0.5, 0.6) is 5.75 Å². The fourth-order valence-electron chi connectivity index (χ4n) is 1.68. The molecule has 6 nitrogen and oxygen atoms in total. The number of hydrogen-bond donors (Lipinski definition) is 3. The molecule has 0 heterocycles. The van der Waals surface area contributed by atoms with Crippen molar-refractivity contribution in [3.8, 4) is 5.75 Å². The van der Waals surface area contributed by atoms with Crippen LogP contribution < -0.4 is 15.4 Å². The molecule has 0 bridgehead atoms. The van der Waals surface area contributed by atoms with Crippen molar-refractivity contribution < 1.29 is 23.8 Å². The summed E-state index contributed by atoms with van der Waals surface area (Å²) in [5.41, 5.74) is -0.354. The number of methoxy groups -OCH3 is 1. The average molecular weight is 298 g/mol. The maximum absolute atomic E-state index is 13.2. The summed E-state index contributed by atoms with van der Waals surface area (Å²) in [5, 5.41) is 13.9. The standard InChI is InChI=1S/C14H19FN2O4/c1-14(2,3)11(12(18)19)17-13(20)16-8-5-6-9(15)10(7-8)21-4/h5-7,11H,1-4H3,(H,18,19)(H2,16,17,20)/t11-/m1/s1. The maximum Gasteiger partial charge on any atom is 0.326 e. The first-order chi connectivity index (χ1) is 9.65. The zero-order chi connectivity index (χ0) is 16.2. The first-order valence-electron chi connectivity index (χ1n) is 6.29. The number of carbonyl (C=O) groups excluding carboxylic acids is 1. The number of carboxylic acid groups (broad SMARTS) is 1. The predicted molar refractivity (Wildman–Crippen MR) is 76.0 cm³/mol. The van der Waals surface area contributed by atoms with Crippen molar-refractivity contribution in [2.24, 2.45) is 5.41 Å². The molecule has 0 aliphatic rings. The molecule has 0 aliphatic carbocycles. The van der Waals surface area contributed by atoms with E-state index in [0.717, 1.165) is 6.07 Å².